The van der Waals surface area contributed by atoms with E-state index in [9.17, 15) is 4.79 Å². The first-order chi connectivity index (χ1) is 17.6. The molecule has 0 aliphatic carbocycles. The Kier molecular flexibility index (Phi) is 6.42. The zero-order chi connectivity index (χ0) is 25.1. The lowest BCUT2D eigenvalue weighted by atomic mass is 10.0. The summed E-state index contributed by atoms with van der Waals surface area (Å²) < 4.78 is 1.40. The molecule has 8 heteroatoms. The molecule has 0 saturated heterocycles. The highest BCUT2D eigenvalue weighted by Crippen LogP contribution is 2.27. The van der Waals surface area contributed by atoms with Crippen LogP contribution in [0.15, 0.2) is 84.3 Å². The minimum absolute atomic E-state index is 0.229. The van der Waals surface area contributed by atoms with Gasteiger partial charge in [0.25, 0.3) is 0 Å². The third-order valence-corrected chi connectivity index (χ3v) is 6.21. The first kappa shape index (κ1) is 23.2. The van der Waals surface area contributed by atoms with E-state index in [-0.39, 0.29) is 11.5 Å². The normalized spacial score (nSPS) is 13.6. The van der Waals surface area contributed by atoms with Crippen LogP contribution in [0.4, 0.5) is 17.5 Å². The Morgan fingerprint density at radius 3 is 2.89 bits per heavy atom. The fourth-order valence-electron chi connectivity index (χ4n) is 4.41. The largest absolute Gasteiger partial charge is 0.384 e. The van der Waals surface area contributed by atoms with Gasteiger partial charge in [0.1, 0.15) is 5.82 Å². The van der Waals surface area contributed by atoms with Crippen molar-refractivity contribution in [2.24, 2.45) is 0 Å². The molecule has 4 aromatic rings. The molecule has 0 unspecified atom stereocenters. The first-order valence-electron chi connectivity index (χ1n) is 11.8. The van der Waals surface area contributed by atoms with Crippen molar-refractivity contribution in [1.82, 2.24) is 24.8 Å². The number of nitrogens with two attached hydrogens (primary N) is 1. The highest BCUT2D eigenvalue weighted by atomic mass is 16.1. The van der Waals surface area contributed by atoms with Gasteiger partial charge in [-0.05, 0) is 54.8 Å². The number of para-hydroxylation sites is 1. The van der Waals surface area contributed by atoms with Gasteiger partial charge in [0, 0.05) is 24.0 Å². The van der Waals surface area contributed by atoms with E-state index in [1.807, 2.05) is 55.5 Å². The van der Waals surface area contributed by atoms with Crippen LogP contribution in [0.5, 0.6) is 0 Å². The molecule has 3 heterocycles. The molecule has 0 atom stereocenters. The van der Waals surface area contributed by atoms with E-state index >= 15 is 0 Å². The number of nitrogen functional groups attached to an aromatic ring is 1. The van der Waals surface area contributed by atoms with Crippen molar-refractivity contribution < 1.29 is 0 Å². The molecule has 2 aromatic heterocycles. The predicted octanol–water partition coefficient (Wildman–Crippen LogP) is 4.29. The van der Waals surface area contributed by atoms with Crippen LogP contribution in [0.3, 0.4) is 0 Å². The SMILES string of the molecule is C=C/C=C\C(=C/C)c1ccccc1-n1c(N)c2cnc(Nc3ccc4c(c3)CNCC4)nc2nc1=O. The van der Waals surface area contributed by atoms with Gasteiger partial charge in [0.05, 0.1) is 11.1 Å². The summed E-state index contributed by atoms with van der Waals surface area (Å²) in [6.07, 6.45) is 10.1. The van der Waals surface area contributed by atoms with E-state index in [0.29, 0.717) is 17.0 Å². The summed E-state index contributed by atoms with van der Waals surface area (Å²) in [5, 5.41) is 7.09. The van der Waals surface area contributed by atoms with Gasteiger partial charge in [-0.1, -0.05) is 55.1 Å². The Morgan fingerprint density at radius 2 is 2.06 bits per heavy atom. The Morgan fingerprint density at radius 1 is 1.19 bits per heavy atom. The molecular weight excluding hydrogens is 450 g/mol. The number of benzene rings is 2. The molecule has 5 rings (SSSR count). The number of nitrogens with one attached hydrogen (secondary N) is 2. The maximum absolute atomic E-state index is 13.2. The molecule has 1 aliphatic heterocycles. The van der Waals surface area contributed by atoms with Crippen molar-refractivity contribution in [2.75, 3.05) is 17.6 Å². The van der Waals surface area contributed by atoms with Crippen LogP contribution < -0.4 is 22.1 Å². The fraction of sp³-hybridized carbons (Fsp3) is 0.143. The average Bonchev–Trinajstić information content (AvgIpc) is 2.89. The summed E-state index contributed by atoms with van der Waals surface area (Å²) in [5.74, 6) is 0.577. The van der Waals surface area contributed by atoms with Crippen LogP contribution in [-0.2, 0) is 13.0 Å². The van der Waals surface area contributed by atoms with Gasteiger partial charge in [0.15, 0.2) is 5.65 Å². The number of allylic oxidation sites excluding steroid dienone is 5. The van der Waals surface area contributed by atoms with Crippen LogP contribution in [0.2, 0.25) is 0 Å². The smallest absolute Gasteiger partial charge is 0.355 e. The van der Waals surface area contributed by atoms with E-state index in [2.05, 4.69) is 44.3 Å². The minimum Gasteiger partial charge on any atom is -0.384 e. The molecule has 0 spiro atoms. The van der Waals surface area contributed by atoms with Crippen LogP contribution in [0, 0.1) is 0 Å². The third kappa shape index (κ3) is 4.42. The van der Waals surface area contributed by atoms with E-state index in [0.717, 1.165) is 36.3 Å². The molecule has 36 heavy (non-hydrogen) atoms. The number of aromatic nitrogens is 4. The number of anilines is 3. The lowest BCUT2D eigenvalue weighted by molar-refractivity contribution is 0.644. The Hall–Kier alpha value is -4.56. The Labute approximate surface area is 208 Å². The molecule has 0 bridgehead atoms. The van der Waals surface area contributed by atoms with E-state index in [4.69, 9.17) is 5.73 Å². The minimum atomic E-state index is -0.514. The van der Waals surface area contributed by atoms with Crippen molar-refractivity contribution in [1.29, 1.82) is 0 Å². The standard InChI is InChI=1S/C28H27N7O/c1-3-5-8-18(4-2)22-9-6-7-10-24(22)35-25(29)23-17-31-27(33-26(23)34-28(35)36)32-21-12-11-19-13-14-30-16-20(19)15-21/h3-12,15,17,30H,1,13-14,16,29H2,2H3,(H,32,33,34,36)/b8-5-,18-4+. The molecule has 0 amide bonds. The molecule has 1 aliphatic rings. The van der Waals surface area contributed by atoms with Gasteiger partial charge in [-0.2, -0.15) is 9.97 Å². The van der Waals surface area contributed by atoms with Crippen molar-refractivity contribution in [2.45, 2.75) is 19.9 Å². The number of hydrogen-bond donors (Lipinski definition) is 3. The van der Waals surface area contributed by atoms with Crippen molar-refractivity contribution in [3.8, 4) is 5.69 Å². The quantitative estimate of drug-likeness (QED) is 0.355. The third-order valence-electron chi connectivity index (χ3n) is 6.21. The van der Waals surface area contributed by atoms with Gasteiger partial charge in [-0.25, -0.2) is 14.3 Å². The highest BCUT2D eigenvalue weighted by Gasteiger charge is 2.16. The lowest BCUT2D eigenvalue weighted by Gasteiger charge is -2.18. The van der Waals surface area contributed by atoms with Crippen molar-refractivity contribution >= 4 is 34.1 Å². The van der Waals surface area contributed by atoms with Crippen LogP contribution >= 0.6 is 0 Å². The molecule has 0 radical (unpaired) electrons. The maximum Gasteiger partial charge on any atom is 0.355 e. The van der Waals surface area contributed by atoms with Crippen LogP contribution in [0.1, 0.15) is 23.6 Å². The van der Waals surface area contributed by atoms with Gasteiger partial charge < -0.3 is 16.4 Å². The monoisotopic (exact) mass is 477 g/mol. The van der Waals surface area contributed by atoms with E-state index in [1.54, 1.807) is 12.3 Å². The molecular formula is C28H27N7O. The fourth-order valence-corrected chi connectivity index (χ4v) is 4.41. The summed E-state index contributed by atoms with van der Waals surface area (Å²) in [5.41, 5.74) is 12.1. The number of rotatable bonds is 6. The zero-order valence-corrected chi connectivity index (χ0v) is 20.0. The molecule has 0 fully saturated rings. The second-order valence-corrected chi connectivity index (χ2v) is 8.44. The molecule has 180 valence electrons. The second-order valence-electron chi connectivity index (χ2n) is 8.44. The van der Waals surface area contributed by atoms with Crippen LogP contribution in [-0.4, -0.2) is 26.1 Å². The average molecular weight is 478 g/mol. The molecule has 0 saturated carbocycles. The lowest BCUT2D eigenvalue weighted by Crippen LogP contribution is -2.25. The van der Waals surface area contributed by atoms with Crippen LogP contribution in [0.25, 0.3) is 22.3 Å². The van der Waals surface area contributed by atoms with Gasteiger partial charge >= 0.3 is 5.69 Å². The van der Waals surface area contributed by atoms with E-state index < -0.39 is 5.69 Å². The Balaban J connectivity index is 1.54. The summed E-state index contributed by atoms with van der Waals surface area (Å²) in [6, 6.07) is 13.8. The molecule has 2 aromatic carbocycles. The highest BCUT2D eigenvalue weighted by molar-refractivity contribution is 5.87. The summed E-state index contributed by atoms with van der Waals surface area (Å²) >= 11 is 0. The predicted molar refractivity (Wildman–Crippen MR) is 145 cm³/mol. The number of hydrogen-bond acceptors (Lipinski definition) is 7. The second kappa shape index (κ2) is 9.97. The summed E-state index contributed by atoms with van der Waals surface area (Å²) in [4.78, 5) is 26.4. The number of nitrogens with zero attached hydrogens (tertiary/aromatic N) is 4. The van der Waals surface area contributed by atoms with Gasteiger partial charge in [-0.3, -0.25) is 0 Å². The molecule has 8 nitrogen and oxygen atoms in total. The summed E-state index contributed by atoms with van der Waals surface area (Å²) in [7, 11) is 0. The summed E-state index contributed by atoms with van der Waals surface area (Å²) in [6.45, 7) is 7.50. The Bertz CT molecular complexity index is 1580. The van der Waals surface area contributed by atoms with Crippen molar-refractivity contribution in [3.05, 3.63) is 107 Å². The zero-order valence-electron chi connectivity index (χ0n) is 20.0. The van der Waals surface area contributed by atoms with Crippen molar-refractivity contribution in [3.63, 3.8) is 0 Å². The number of fused-ring (bicyclic) bond motifs is 2. The first-order valence-corrected chi connectivity index (χ1v) is 11.8. The van der Waals surface area contributed by atoms with Gasteiger partial charge in [0.2, 0.25) is 5.95 Å². The topological polar surface area (TPSA) is 111 Å². The maximum atomic E-state index is 13.2. The van der Waals surface area contributed by atoms with Gasteiger partial charge in [-0.15, -0.1) is 0 Å². The molecule has 4 N–H and O–H groups in total. The van der Waals surface area contributed by atoms with E-state index in [1.165, 1.54) is 15.7 Å².